The van der Waals surface area contributed by atoms with Gasteiger partial charge in [0.15, 0.2) is 0 Å². The number of benzene rings is 2. The predicted molar refractivity (Wildman–Crippen MR) is 130 cm³/mol. The number of rotatable bonds is 4. The molecule has 0 bridgehead atoms. The van der Waals surface area contributed by atoms with E-state index in [-0.39, 0.29) is 18.0 Å². The molecule has 1 fully saturated rings. The molecule has 3 heterocycles. The molecular weight excluding hydrogens is 477 g/mol. The van der Waals surface area contributed by atoms with E-state index < -0.39 is 11.7 Å². The van der Waals surface area contributed by atoms with Crippen molar-refractivity contribution >= 4 is 33.1 Å². The minimum atomic E-state index is -4.40. The van der Waals surface area contributed by atoms with Crippen molar-refractivity contribution in [3.63, 3.8) is 0 Å². The van der Waals surface area contributed by atoms with Crippen LogP contribution >= 0.6 is 11.3 Å². The normalized spacial score (nSPS) is 14.5. The Morgan fingerprint density at radius 2 is 1.71 bits per heavy atom. The van der Waals surface area contributed by atoms with Crippen LogP contribution in [0.2, 0.25) is 0 Å². The third-order valence-electron chi connectivity index (χ3n) is 6.04. The number of hydrogen-bond donors (Lipinski definition) is 0. The zero-order valence-corrected chi connectivity index (χ0v) is 19.4. The Labute approximate surface area is 202 Å². The fourth-order valence-electron chi connectivity index (χ4n) is 4.14. The molecule has 0 saturated carbocycles. The summed E-state index contributed by atoms with van der Waals surface area (Å²) in [6.45, 7) is 1.40. The molecule has 1 saturated heterocycles. The molecule has 0 unspecified atom stereocenters. The van der Waals surface area contributed by atoms with Gasteiger partial charge in [0.25, 0.3) is 5.56 Å². The second kappa shape index (κ2) is 9.18. The number of carbonyl (C=O) groups excluding carboxylic acids is 1. The van der Waals surface area contributed by atoms with Crippen molar-refractivity contribution in [2.45, 2.75) is 12.7 Å². The fourth-order valence-corrected chi connectivity index (χ4v) is 5.21. The lowest BCUT2D eigenvalue weighted by atomic mass is 10.1. The summed E-state index contributed by atoms with van der Waals surface area (Å²) in [6.07, 6.45) is -3.01. The first-order valence-electron chi connectivity index (χ1n) is 11.0. The maximum atomic E-state index is 13.0. The van der Waals surface area contributed by atoms with E-state index in [0.717, 1.165) is 22.6 Å². The van der Waals surface area contributed by atoms with Crippen molar-refractivity contribution < 1.29 is 18.0 Å². The summed E-state index contributed by atoms with van der Waals surface area (Å²) in [7, 11) is 0. The molecule has 35 heavy (non-hydrogen) atoms. The zero-order valence-electron chi connectivity index (χ0n) is 18.5. The molecule has 0 aliphatic carbocycles. The molecule has 1 aliphatic rings. The van der Waals surface area contributed by atoms with Gasteiger partial charge >= 0.3 is 6.18 Å². The van der Waals surface area contributed by atoms with Crippen LogP contribution in [-0.4, -0.2) is 46.5 Å². The van der Waals surface area contributed by atoms with Crippen molar-refractivity contribution in [1.82, 2.24) is 14.5 Å². The van der Waals surface area contributed by atoms with E-state index in [0.29, 0.717) is 42.1 Å². The molecule has 5 rings (SSSR count). The highest BCUT2D eigenvalue weighted by Crippen LogP contribution is 2.32. The second-order valence-corrected chi connectivity index (χ2v) is 9.34. The largest absolute Gasteiger partial charge is 0.416 e. The molecule has 180 valence electrons. The van der Waals surface area contributed by atoms with Gasteiger partial charge in [-0.3, -0.25) is 14.2 Å². The number of hydrogen-bond acceptors (Lipinski definition) is 5. The molecule has 0 spiro atoms. The van der Waals surface area contributed by atoms with E-state index in [1.54, 1.807) is 11.0 Å². The smallest absolute Gasteiger partial charge is 0.368 e. The molecule has 0 atom stereocenters. The Kier molecular flexibility index (Phi) is 6.06. The minimum absolute atomic E-state index is 0.135. The van der Waals surface area contributed by atoms with Gasteiger partial charge in [-0.2, -0.15) is 13.2 Å². The van der Waals surface area contributed by atoms with E-state index >= 15 is 0 Å². The maximum absolute atomic E-state index is 13.0. The van der Waals surface area contributed by atoms with Crippen LogP contribution in [0.15, 0.2) is 71.8 Å². The number of halogens is 3. The minimum Gasteiger partial charge on any atom is -0.368 e. The maximum Gasteiger partial charge on any atom is 0.416 e. The topological polar surface area (TPSA) is 58.4 Å². The van der Waals surface area contributed by atoms with Gasteiger partial charge < -0.3 is 9.80 Å². The van der Waals surface area contributed by atoms with Crippen molar-refractivity contribution in [3.05, 3.63) is 82.9 Å². The molecule has 0 N–H and O–H groups in total. The summed E-state index contributed by atoms with van der Waals surface area (Å²) in [5.41, 5.74) is 1.11. The first-order valence-corrected chi connectivity index (χ1v) is 11.9. The summed E-state index contributed by atoms with van der Waals surface area (Å²) >= 11 is 1.35. The molecular formula is C25H21F3N4O2S. The number of fused-ring (bicyclic) bond motifs is 1. The lowest BCUT2D eigenvalue weighted by molar-refractivity contribution is -0.137. The Morgan fingerprint density at radius 3 is 2.43 bits per heavy atom. The lowest BCUT2D eigenvalue weighted by Gasteiger charge is -2.36. The molecule has 10 heteroatoms. The van der Waals surface area contributed by atoms with Gasteiger partial charge in [0, 0.05) is 36.7 Å². The van der Waals surface area contributed by atoms with Gasteiger partial charge in [-0.1, -0.05) is 36.4 Å². The highest BCUT2D eigenvalue weighted by molar-refractivity contribution is 7.22. The Balaban J connectivity index is 1.26. The lowest BCUT2D eigenvalue weighted by Crippen LogP contribution is -2.50. The standard InChI is InChI=1S/C25H21F3N4O2S/c26-25(27,28)18-7-4-8-19(13-18)30-9-11-31(12-10-30)22(33)15-32-16-29-20-14-21(35-23(20)24(32)34)17-5-2-1-3-6-17/h1-8,13-14,16H,9-12,15H2. The number of alkyl halides is 3. The second-order valence-electron chi connectivity index (χ2n) is 8.28. The summed E-state index contributed by atoms with van der Waals surface area (Å²) < 4.78 is 40.9. The van der Waals surface area contributed by atoms with Crippen LogP contribution in [0.3, 0.4) is 0 Å². The van der Waals surface area contributed by atoms with Gasteiger partial charge in [-0.15, -0.1) is 11.3 Å². The molecule has 2 aromatic carbocycles. The summed E-state index contributed by atoms with van der Waals surface area (Å²) in [4.78, 5) is 34.6. The van der Waals surface area contributed by atoms with Crippen LogP contribution in [0.4, 0.5) is 18.9 Å². The van der Waals surface area contributed by atoms with Crippen LogP contribution in [0.25, 0.3) is 20.7 Å². The van der Waals surface area contributed by atoms with Gasteiger partial charge in [-0.05, 0) is 29.8 Å². The van der Waals surface area contributed by atoms with E-state index in [1.807, 2.05) is 41.3 Å². The Bertz CT molecular complexity index is 1420. The summed E-state index contributed by atoms with van der Waals surface area (Å²) in [5.74, 6) is -0.225. The van der Waals surface area contributed by atoms with Gasteiger partial charge in [0.2, 0.25) is 5.91 Å². The number of amides is 1. The number of thiophene rings is 1. The van der Waals surface area contributed by atoms with E-state index in [1.165, 1.54) is 28.3 Å². The van der Waals surface area contributed by atoms with Gasteiger partial charge in [0.05, 0.1) is 17.4 Å². The summed E-state index contributed by atoms with van der Waals surface area (Å²) in [5, 5.41) is 0. The highest BCUT2D eigenvalue weighted by atomic mass is 32.1. The molecule has 2 aromatic heterocycles. The van der Waals surface area contributed by atoms with Gasteiger partial charge in [-0.25, -0.2) is 4.98 Å². The molecule has 6 nitrogen and oxygen atoms in total. The quantitative estimate of drug-likeness (QED) is 0.416. The predicted octanol–water partition coefficient (Wildman–Crippen LogP) is 4.49. The zero-order chi connectivity index (χ0) is 24.6. The van der Waals surface area contributed by atoms with Crippen molar-refractivity contribution in [2.24, 2.45) is 0 Å². The van der Waals surface area contributed by atoms with Crippen molar-refractivity contribution in [2.75, 3.05) is 31.1 Å². The van der Waals surface area contributed by atoms with Crippen LogP contribution in [0, 0.1) is 0 Å². The first kappa shape index (κ1) is 23.1. The van der Waals surface area contributed by atoms with Crippen molar-refractivity contribution in [1.29, 1.82) is 0 Å². The number of anilines is 1. The fraction of sp³-hybridized carbons (Fsp3) is 0.240. The third-order valence-corrected chi connectivity index (χ3v) is 7.20. The first-order chi connectivity index (χ1) is 16.8. The van der Waals surface area contributed by atoms with Gasteiger partial charge in [0.1, 0.15) is 11.2 Å². The Hall–Kier alpha value is -3.66. The van der Waals surface area contributed by atoms with E-state index in [2.05, 4.69) is 4.98 Å². The monoisotopic (exact) mass is 498 g/mol. The Morgan fingerprint density at radius 1 is 0.971 bits per heavy atom. The average Bonchev–Trinajstić information content (AvgIpc) is 3.31. The highest BCUT2D eigenvalue weighted by Gasteiger charge is 2.31. The molecule has 4 aromatic rings. The molecule has 1 amide bonds. The number of carbonyl (C=O) groups is 1. The molecule has 0 radical (unpaired) electrons. The van der Waals surface area contributed by atoms with Crippen LogP contribution in [-0.2, 0) is 17.5 Å². The number of nitrogens with zero attached hydrogens (tertiary/aromatic N) is 4. The molecule has 1 aliphatic heterocycles. The van der Waals surface area contributed by atoms with Crippen molar-refractivity contribution in [3.8, 4) is 10.4 Å². The third kappa shape index (κ3) is 4.79. The summed E-state index contributed by atoms with van der Waals surface area (Å²) in [6, 6.07) is 16.8. The van der Waals surface area contributed by atoms with E-state index in [4.69, 9.17) is 0 Å². The number of aromatic nitrogens is 2. The average molecular weight is 499 g/mol. The van der Waals surface area contributed by atoms with E-state index in [9.17, 15) is 22.8 Å². The van der Waals surface area contributed by atoms with Crippen LogP contribution < -0.4 is 10.5 Å². The number of piperazine rings is 1. The van der Waals surface area contributed by atoms with Crippen LogP contribution in [0.5, 0.6) is 0 Å². The van der Waals surface area contributed by atoms with Crippen LogP contribution in [0.1, 0.15) is 5.56 Å². The SMILES string of the molecule is O=C(Cn1cnc2cc(-c3ccccc3)sc2c1=O)N1CCN(c2cccc(C(F)(F)F)c2)CC1.